The smallest absolute Gasteiger partial charge is 0.123 e. The highest BCUT2D eigenvalue weighted by Gasteiger charge is 2.29. The molecular weight excluding hydrogens is 227 g/mol. The Labute approximate surface area is 109 Å². The van der Waals surface area contributed by atoms with Crippen molar-refractivity contribution in [2.75, 3.05) is 19.6 Å². The normalized spacial score (nSPS) is 22.6. The third-order valence-corrected chi connectivity index (χ3v) is 4.12. The second-order valence-electron chi connectivity index (χ2n) is 5.59. The van der Waals surface area contributed by atoms with E-state index in [2.05, 4.69) is 18.7 Å². The molecule has 1 fully saturated rings. The number of hydrogen-bond donors (Lipinski definition) is 1. The van der Waals surface area contributed by atoms with Crippen LogP contribution in [0.15, 0.2) is 24.3 Å². The first-order chi connectivity index (χ1) is 8.61. The van der Waals surface area contributed by atoms with Gasteiger partial charge in [0.05, 0.1) is 0 Å². The van der Waals surface area contributed by atoms with Crippen LogP contribution in [0, 0.1) is 17.7 Å². The topological polar surface area (TPSA) is 29.3 Å². The van der Waals surface area contributed by atoms with Gasteiger partial charge in [-0.25, -0.2) is 4.39 Å². The number of hydrogen-bond acceptors (Lipinski definition) is 2. The van der Waals surface area contributed by atoms with E-state index < -0.39 is 0 Å². The predicted octanol–water partition coefficient (Wildman–Crippen LogP) is 2.80. The van der Waals surface area contributed by atoms with Gasteiger partial charge in [0.1, 0.15) is 5.82 Å². The lowest BCUT2D eigenvalue weighted by Crippen LogP contribution is -2.32. The monoisotopic (exact) mass is 250 g/mol. The van der Waals surface area contributed by atoms with Crippen LogP contribution in [0.5, 0.6) is 0 Å². The molecule has 2 rings (SSSR count). The molecule has 2 atom stereocenters. The first-order valence-corrected chi connectivity index (χ1v) is 6.81. The summed E-state index contributed by atoms with van der Waals surface area (Å²) in [5, 5.41) is 0. The van der Waals surface area contributed by atoms with Crippen LogP contribution in [0.25, 0.3) is 0 Å². The summed E-state index contributed by atoms with van der Waals surface area (Å²) in [5.74, 6) is 1.30. The Bertz CT molecular complexity index is 375. The van der Waals surface area contributed by atoms with Gasteiger partial charge in [0.15, 0.2) is 0 Å². The molecule has 0 bridgehead atoms. The van der Waals surface area contributed by atoms with Gasteiger partial charge < -0.3 is 5.73 Å². The van der Waals surface area contributed by atoms with Crippen molar-refractivity contribution in [3.63, 3.8) is 0 Å². The number of nitrogens with zero attached hydrogens (tertiary/aromatic N) is 1. The molecule has 0 saturated carbocycles. The molecule has 1 aromatic carbocycles. The summed E-state index contributed by atoms with van der Waals surface area (Å²) in [6.45, 7) is 7.36. The summed E-state index contributed by atoms with van der Waals surface area (Å²) in [5.41, 5.74) is 7.04. The number of likely N-dealkylation sites (tertiary alicyclic amines) is 1. The van der Waals surface area contributed by atoms with Gasteiger partial charge in [-0.3, -0.25) is 4.90 Å². The second-order valence-corrected chi connectivity index (χ2v) is 5.59. The van der Waals surface area contributed by atoms with Crippen molar-refractivity contribution in [3.8, 4) is 0 Å². The molecule has 2 nitrogen and oxygen atoms in total. The van der Waals surface area contributed by atoms with E-state index in [1.165, 1.54) is 18.6 Å². The lowest BCUT2D eigenvalue weighted by molar-refractivity contribution is 0.232. The van der Waals surface area contributed by atoms with Crippen molar-refractivity contribution in [2.45, 2.75) is 26.3 Å². The van der Waals surface area contributed by atoms with Gasteiger partial charge in [-0.2, -0.15) is 0 Å². The fraction of sp³-hybridized carbons (Fsp3) is 0.600. The van der Waals surface area contributed by atoms with Gasteiger partial charge in [0.25, 0.3) is 0 Å². The van der Waals surface area contributed by atoms with Crippen molar-refractivity contribution < 1.29 is 4.39 Å². The molecule has 0 aromatic heterocycles. The summed E-state index contributed by atoms with van der Waals surface area (Å²) in [6, 6.07) is 6.99. The number of halogens is 1. The van der Waals surface area contributed by atoms with E-state index in [1.807, 2.05) is 12.1 Å². The number of nitrogens with two attached hydrogens (primary N) is 1. The van der Waals surface area contributed by atoms with Crippen LogP contribution in [0.3, 0.4) is 0 Å². The fourth-order valence-corrected chi connectivity index (χ4v) is 2.82. The highest BCUT2D eigenvalue weighted by atomic mass is 19.1. The van der Waals surface area contributed by atoms with E-state index in [1.54, 1.807) is 0 Å². The van der Waals surface area contributed by atoms with Crippen LogP contribution in [-0.4, -0.2) is 24.5 Å². The largest absolute Gasteiger partial charge is 0.329 e. The minimum Gasteiger partial charge on any atom is -0.329 e. The highest BCUT2D eigenvalue weighted by molar-refractivity contribution is 5.20. The average Bonchev–Trinajstić information content (AvgIpc) is 2.82. The zero-order valence-electron chi connectivity index (χ0n) is 11.3. The standard InChI is InChI=1S/C15H23FN2/c1-11(2)13-7-8-18(10-13)15(9-17)12-3-5-14(16)6-4-12/h3-6,11,13,15H,7-10,17H2,1-2H3. The number of rotatable bonds is 4. The van der Waals surface area contributed by atoms with Gasteiger partial charge in [-0.05, 0) is 42.5 Å². The maximum Gasteiger partial charge on any atom is 0.123 e. The van der Waals surface area contributed by atoms with Crippen LogP contribution in [0.2, 0.25) is 0 Å². The van der Waals surface area contributed by atoms with Crippen molar-refractivity contribution >= 4 is 0 Å². The van der Waals surface area contributed by atoms with Crippen molar-refractivity contribution in [3.05, 3.63) is 35.6 Å². The molecule has 1 heterocycles. The summed E-state index contributed by atoms with van der Waals surface area (Å²) in [7, 11) is 0. The van der Waals surface area contributed by atoms with E-state index >= 15 is 0 Å². The first kappa shape index (κ1) is 13.5. The molecule has 0 spiro atoms. The molecule has 2 unspecified atom stereocenters. The third kappa shape index (κ3) is 2.90. The molecule has 1 aromatic rings. The molecule has 18 heavy (non-hydrogen) atoms. The van der Waals surface area contributed by atoms with Crippen molar-refractivity contribution in [1.29, 1.82) is 0 Å². The molecule has 0 amide bonds. The summed E-state index contributed by atoms with van der Waals surface area (Å²) in [6.07, 6.45) is 1.25. The van der Waals surface area contributed by atoms with E-state index in [9.17, 15) is 4.39 Å². The van der Waals surface area contributed by atoms with Crippen LogP contribution in [0.4, 0.5) is 4.39 Å². The Morgan fingerprint density at radius 1 is 1.33 bits per heavy atom. The minimum atomic E-state index is -0.184. The average molecular weight is 250 g/mol. The maximum atomic E-state index is 13.0. The molecule has 100 valence electrons. The van der Waals surface area contributed by atoms with E-state index in [-0.39, 0.29) is 11.9 Å². The Hall–Kier alpha value is -0.930. The van der Waals surface area contributed by atoms with Gasteiger partial charge in [0, 0.05) is 19.1 Å². The van der Waals surface area contributed by atoms with E-state index in [4.69, 9.17) is 5.73 Å². The lowest BCUT2D eigenvalue weighted by atomic mass is 9.95. The Morgan fingerprint density at radius 2 is 2.00 bits per heavy atom. The van der Waals surface area contributed by atoms with Crippen LogP contribution in [-0.2, 0) is 0 Å². The summed E-state index contributed by atoms with van der Waals surface area (Å²) < 4.78 is 13.0. The molecule has 0 aliphatic carbocycles. The molecular formula is C15H23FN2. The fourth-order valence-electron chi connectivity index (χ4n) is 2.82. The minimum absolute atomic E-state index is 0.184. The quantitative estimate of drug-likeness (QED) is 0.890. The SMILES string of the molecule is CC(C)C1CCN(C(CN)c2ccc(F)cc2)C1. The highest BCUT2D eigenvalue weighted by Crippen LogP contribution is 2.30. The van der Waals surface area contributed by atoms with Crippen LogP contribution < -0.4 is 5.73 Å². The van der Waals surface area contributed by atoms with Crippen molar-refractivity contribution in [2.24, 2.45) is 17.6 Å². The van der Waals surface area contributed by atoms with Gasteiger partial charge in [0.2, 0.25) is 0 Å². The zero-order chi connectivity index (χ0) is 13.1. The summed E-state index contributed by atoms with van der Waals surface area (Å²) in [4.78, 5) is 2.44. The van der Waals surface area contributed by atoms with E-state index in [0.717, 1.165) is 30.5 Å². The molecule has 1 aliphatic rings. The van der Waals surface area contributed by atoms with Crippen molar-refractivity contribution in [1.82, 2.24) is 4.90 Å². The molecule has 3 heteroatoms. The molecule has 2 N–H and O–H groups in total. The Kier molecular flexibility index (Phi) is 4.36. The Balaban J connectivity index is 2.08. The second kappa shape index (κ2) is 5.81. The van der Waals surface area contributed by atoms with Gasteiger partial charge in [-0.15, -0.1) is 0 Å². The van der Waals surface area contributed by atoms with E-state index in [0.29, 0.717) is 6.54 Å². The molecule has 1 saturated heterocycles. The zero-order valence-corrected chi connectivity index (χ0v) is 11.3. The molecule has 0 radical (unpaired) electrons. The van der Waals surface area contributed by atoms with Crippen LogP contribution in [0.1, 0.15) is 31.9 Å². The summed E-state index contributed by atoms with van der Waals surface area (Å²) >= 11 is 0. The number of benzene rings is 1. The third-order valence-electron chi connectivity index (χ3n) is 4.12. The van der Waals surface area contributed by atoms with Gasteiger partial charge in [-0.1, -0.05) is 26.0 Å². The Morgan fingerprint density at radius 3 is 2.50 bits per heavy atom. The predicted molar refractivity (Wildman–Crippen MR) is 72.7 cm³/mol. The molecule has 1 aliphatic heterocycles. The van der Waals surface area contributed by atoms with Crippen LogP contribution >= 0.6 is 0 Å². The maximum absolute atomic E-state index is 13.0. The lowest BCUT2D eigenvalue weighted by Gasteiger charge is -2.27. The first-order valence-electron chi connectivity index (χ1n) is 6.81. The van der Waals surface area contributed by atoms with Gasteiger partial charge >= 0.3 is 0 Å².